The lowest BCUT2D eigenvalue weighted by Crippen LogP contribution is -2.34. The molecule has 1 aliphatic rings. The van der Waals surface area contributed by atoms with Gasteiger partial charge < -0.3 is 0 Å². The van der Waals surface area contributed by atoms with E-state index in [9.17, 15) is 27.7 Å². The van der Waals surface area contributed by atoms with Crippen molar-refractivity contribution >= 4 is 11.6 Å². The second-order valence-electron chi connectivity index (χ2n) is 4.52. The van der Waals surface area contributed by atoms with Crippen molar-refractivity contribution in [2.45, 2.75) is 26.9 Å². The van der Waals surface area contributed by atoms with Crippen molar-refractivity contribution in [1.29, 1.82) is 0 Å². The van der Waals surface area contributed by atoms with Crippen LogP contribution in [0, 0.1) is 10.3 Å². The summed E-state index contributed by atoms with van der Waals surface area (Å²) in [7, 11) is 0. The first-order chi connectivity index (χ1) is 8.02. The van der Waals surface area contributed by atoms with Crippen LogP contribution < -0.4 is 0 Å². The molecule has 0 saturated carbocycles. The fourth-order valence-corrected chi connectivity index (χ4v) is 1.82. The lowest BCUT2D eigenvalue weighted by atomic mass is 9.77. The van der Waals surface area contributed by atoms with Crippen molar-refractivity contribution < 1.29 is 22.8 Å². The summed E-state index contributed by atoms with van der Waals surface area (Å²) >= 11 is 0. The number of hydrogen-bond donors (Lipinski definition) is 0. The molecule has 0 unspecified atom stereocenters. The second kappa shape index (κ2) is 4.15. The molecular weight excluding hydrogens is 251 g/mol. The number of carbonyl (C=O) groups is 2. The maximum atomic E-state index is 12.4. The van der Waals surface area contributed by atoms with Crippen LogP contribution in [0.15, 0.2) is 28.1 Å². The van der Waals surface area contributed by atoms with Crippen molar-refractivity contribution in [3.05, 3.63) is 27.8 Å². The largest absolute Gasteiger partial charge is 0.455 e. The maximum Gasteiger partial charge on any atom is 0.455 e. The van der Waals surface area contributed by atoms with Gasteiger partial charge in [0.05, 0.1) is 0 Å². The molecule has 0 aromatic heterocycles. The standard InChI is InChI=1S/C11H10F3NO3/c1-5-4-10(2,3)8(15-18)6(7(5)16)9(17)11(12,13)14/h4H,1-3H3. The summed E-state index contributed by atoms with van der Waals surface area (Å²) in [5.74, 6) is -3.44. The van der Waals surface area contributed by atoms with Crippen molar-refractivity contribution in [3.8, 4) is 0 Å². The Kier molecular flexibility index (Phi) is 3.29. The normalized spacial score (nSPS) is 19.7. The van der Waals surface area contributed by atoms with Gasteiger partial charge >= 0.3 is 6.18 Å². The van der Waals surface area contributed by atoms with Gasteiger partial charge in [-0.05, 0) is 17.7 Å². The van der Waals surface area contributed by atoms with Crippen molar-refractivity contribution in [3.63, 3.8) is 0 Å². The molecule has 7 heteroatoms. The molecule has 0 aromatic rings. The van der Waals surface area contributed by atoms with Crippen LogP contribution in [0.5, 0.6) is 0 Å². The second-order valence-corrected chi connectivity index (χ2v) is 4.52. The highest BCUT2D eigenvalue weighted by atomic mass is 19.4. The number of nitroso groups, excluding NO2 is 1. The number of hydrogen-bond acceptors (Lipinski definition) is 4. The summed E-state index contributed by atoms with van der Waals surface area (Å²) in [6.45, 7) is 4.10. The summed E-state index contributed by atoms with van der Waals surface area (Å²) in [4.78, 5) is 33.5. The minimum absolute atomic E-state index is 0.0139. The zero-order valence-corrected chi connectivity index (χ0v) is 9.88. The summed E-state index contributed by atoms with van der Waals surface area (Å²) in [6, 6.07) is 0. The molecule has 0 atom stereocenters. The molecule has 0 heterocycles. The molecule has 0 spiro atoms. The number of nitrogens with zero attached hydrogens (tertiary/aromatic N) is 1. The number of rotatable bonds is 2. The van der Waals surface area contributed by atoms with Gasteiger partial charge in [0.1, 0.15) is 11.3 Å². The molecule has 0 radical (unpaired) electrons. The maximum absolute atomic E-state index is 12.4. The van der Waals surface area contributed by atoms with Crippen LogP contribution >= 0.6 is 0 Å². The molecule has 18 heavy (non-hydrogen) atoms. The Morgan fingerprint density at radius 3 is 2.22 bits per heavy atom. The third-order valence-corrected chi connectivity index (χ3v) is 2.59. The monoisotopic (exact) mass is 261 g/mol. The topological polar surface area (TPSA) is 63.6 Å². The number of alkyl halides is 3. The van der Waals surface area contributed by atoms with Crippen LogP contribution in [0.2, 0.25) is 0 Å². The lowest BCUT2D eigenvalue weighted by molar-refractivity contribution is -0.167. The van der Waals surface area contributed by atoms with Gasteiger partial charge in [0.15, 0.2) is 5.78 Å². The van der Waals surface area contributed by atoms with E-state index in [4.69, 9.17) is 0 Å². The number of Topliss-reactive ketones (excluding diaryl/α,β-unsaturated/α-hetero) is 2. The average molecular weight is 261 g/mol. The van der Waals surface area contributed by atoms with Gasteiger partial charge in [0, 0.05) is 5.41 Å². The number of allylic oxidation sites excluding steroid dienone is 3. The number of carbonyl (C=O) groups excluding carboxylic acids is 2. The Morgan fingerprint density at radius 1 is 1.33 bits per heavy atom. The predicted octanol–water partition coefficient (Wildman–Crippen LogP) is 2.69. The molecule has 98 valence electrons. The van der Waals surface area contributed by atoms with Crippen molar-refractivity contribution in [2.24, 2.45) is 10.6 Å². The molecule has 0 bridgehead atoms. The first kappa shape index (κ1) is 14.3. The highest BCUT2D eigenvalue weighted by Crippen LogP contribution is 2.39. The summed E-state index contributed by atoms with van der Waals surface area (Å²) in [5, 5.41) is 2.44. The molecule has 0 aromatic carbocycles. The highest BCUT2D eigenvalue weighted by molar-refractivity contribution is 6.28. The molecule has 0 fully saturated rings. The van der Waals surface area contributed by atoms with E-state index in [2.05, 4.69) is 5.18 Å². The smallest absolute Gasteiger partial charge is 0.289 e. The van der Waals surface area contributed by atoms with E-state index in [1.807, 2.05) is 0 Å². The molecule has 1 rings (SSSR count). The molecule has 0 N–H and O–H groups in total. The SMILES string of the molecule is CC1=CC(C)(C)C(N=O)=C(C(=O)C(F)(F)F)C1=O. The van der Waals surface area contributed by atoms with Gasteiger partial charge in [0.25, 0.3) is 5.78 Å². The van der Waals surface area contributed by atoms with E-state index in [-0.39, 0.29) is 5.57 Å². The Labute approximate surface area is 101 Å². The van der Waals surface area contributed by atoms with Crippen LogP contribution in [0.1, 0.15) is 20.8 Å². The van der Waals surface area contributed by atoms with E-state index in [1.54, 1.807) is 0 Å². The van der Waals surface area contributed by atoms with E-state index < -0.39 is 34.4 Å². The van der Waals surface area contributed by atoms with Crippen LogP contribution in [-0.4, -0.2) is 17.7 Å². The fraction of sp³-hybridized carbons (Fsp3) is 0.455. The van der Waals surface area contributed by atoms with Gasteiger partial charge in [-0.15, -0.1) is 4.91 Å². The predicted molar refractivity (Wildman–Crippen MR) is 56.4 cm³/mol. The number of ketones is 2. The van der Waals surface area contributed by atoms with Crippen LogP contribution in [0.25, 0.3) is 0 Å². The summed E-state index contributed by atoms with van der Waals surface area (Å²) in [5.41, 5.74) is -3.06. The van der Waals surface area contributed by atoms with Gasteiger partial charge in [-0.2, -0.15) is 13.2 Å². The van der Waals surface area contributed by atoms with Crippen LogP contribution in [0.3, 0.4) is 0 Å². The minimum atomic E-state index is -5.21. The first-order valence-electron chi connectivity index (χ1n) is 4.96. The Bertz CT molecular complexity index is 498. The van der Waals surface area contributed by atoms with E-state index in [1.165, 1.54) is 26.8 Å². The van der Waals surface area contributed by atoms with Gasteiger partial charge in [0.2, 0.25) is 0 Å². The Morgan fingerprint density at radius 2 is 1.83 bits per heavy atom. The Balaban J connectivity index is 3.53. The van der Waals surface area contributed by atoms with Gasteiger partial charge in [-0.25, -0.2) is 0 Å². The molecule has 0 amide bonds. The van der Waals surface area contributed by atoms with E-state index >= 15 is 0 Å². The van der Waals surface area contributed by atoms with Crippen molar-refractivity contribution in [2.75, 3.05) is 0 Å². The zero-order valence-electron chi connectivity index (χ0n) is 9.88. The quantitative estimate of drug-likeness (QED) is 0.567. The third-order valence-electron chi connectivity index (χ3n) is 2.59. The van der Waals surface area contributed by atoms with Crippen molar-refractivity contribution in [1.82, 2.24) is 0 Å². The van der Waals surface area contributed by atoms with Crippen LogP contribution in [-0.2, 0) is 9.59 Å². The first-order valence-corrected chi connectivity index (χ1v) is 4.96. The minimum Gasteiger partial charge on any atom is -0.289 e. The van der Waals surface area contributed by atoms with Gasteiger partial charge in [-0.3, -0.25) is 9.59 Å². The fourth-order valence-electron chi connectivity index (χ4n) is 1.82. The van der Waals surface area contributed by atoms with Gasteiger partial charge in [-0.1, -0.05) is 19.9 Å². The average Bonchev–Trinajstić information content (AvgIpc) is 2.19. The van der Waals surface area contributed by atoms with Crippen LogP contribution in [0.4, 0.5) is 13.2 Å². The van der Waals surface area contributed by atoms with E-state index in [0.29, 0.717) is 0 Å². The van der Waals surface area contributed by atoms with E-state index in [0.717, 1.165) is 0 Å². The summed E-state index contributed by atoms with van der Waals surface area (Å²) < 4.78 is 37.2. The number of halogens is 3. The lowest BCUT2D eigenvalue weighted by Gasteiger charge is -2.27. The highest BCUT2D eigenvalue weighted by Gasteiger charge is 2.48. The third kappa shape index (κ3) is 2.25. The molecule has 0 aliphatic heterocycles. The molecule has 4 nitrogen and oxygen atoms in total. The zero-order chi connectivity index (χ0) is 14.3. The molecular formula is C11H10F3NO3. The molecule has 1 aliphatic carbocycles. The molecule has 0 saturated heterocycles. The summed E-state index contributed by atoms with van der Waals surface area (Å²) in [6.07, 6.45) is -3.89. The Hall–Kier alpha value is -1.79.